The number of nitrogens with zero attached hydrogens (tertiary/aromatic N) is 3. The van der Waals surface area contributed by atoms with E-state index in [-0.39, 0.29) is 5.56 Å². The molecule has 5 nitrogen and oxygen atoms in total. The number of aromatic nitrogens is 3. The van der Waals surface area contributed by atoms with Crippen LogP contribution in [0.1, 0.15) is 18.4 Å². The molecule has 6 heteroatoms. The molecule has 0 bridgehead atoms. The number of hydrogen-bond donors (Lipinski definition) is 1. The first-order valence-corrected chi connectivity index (χ1v) is 7.74. The van der Waals surface area contributed by atoms with Gasteiger partial charge in [-0.15, -0.1) is 10.2 Å². The molecular formula is C15H16N4OS. The summed E-state index contributed by atoms with van der Waals surface area (Å²) >= 11 is 1.49. The van der Waals surface area contributed by atoms with Gasteiger partial charge in [0.15, 0.2) is 0 Å². The molecule has 0 amide bonds. The van der Waals surface area contributed by atoms with Gasteiger partial charge in [-0.25, -0.2) is 0 Å². The van der Waals surface area contributed by atoms with Crippen LogP contribution in [0.3, 0.4) is 0 Å². The van der Waals surface area contributed by atoms with E-state index in [1.54, 1.807) is 10.6 Å². The average Bonchev–Trinajstić information content (AvgIpc) is 2.96. The van der Waals surface area contributed by atoms with E-state index in [0.717, 1.165) is 34.0 Å². The Balaban J connectivity index is 1.92. The molecule has 1 N–H and O–H groups in total. The van der Waals surface area contributed by atoms with E-state index in [1.807, 2.05) is 30.3 Å². The third kappa shape index (κ3) is 2.95. The molecule has 0 radical (unpaired) electrons. The lowest BCUT2D eigenvalue weighted by atomic mass is 10.2. The maximum absolute atomic E-state index is 12.1. The van der Waals surface area contributed by atoms with Crippen molar-refractivity contribution in [3.8, 4) is 0 Å². The number of para-hydroxylation sites is 1. The van der Waals surface area contributed by atoms with Crippen LogP contribution in [0.15, 0.2) is 41.2 Å². The molecule has 21 heavy (non-hydrogen) atoms. The molecule has 3 rings (SSSR count). The Morgan fingerprint density at radius 3 is 2.90 bits per heavy atom. The molecule has 1 aromatic carbocycles. The predicted octanol–water partition coefficient (Wildman–Crippen LogP) is 2.72. The second-order valence-corrected chi connectivity index (χ2v) is 5.81. The van der Waals surface area contributed by atoms with Gasteiger partial charge in [0.05, 0.1) is 12.1 Å². The van der Waals surface area contributed by atoms with E-state index in [4.69, 9.17) is 0 Å². The molecule has 2 aromatic heterocycles. The van der Waals surface area contributed by atoms with E-state index in [0.29, 0.717) is 6.54 Å². The molecule has 3 aromatic rings. The van der Waals surface area contributed by atoms with Crippen molar-refractivity contribution >= 4 is 27.4 Å². The highest BCUT2D eigenvalue weighted by Gasteiger charge is 2.08. The molecule has 108 valence electrons. The minimum absolute atomic E-state index is 0.0213. The van der Waals surface area contributed by atoms with Crippen LogP contribution < -0.4 is 10.9 Å². The molecule has 0 fully saturated rings. The summed E-state index contributed by atoms with van der Waals surface area (Å²) in [5, 5.41) is 14.1. The van der Waals surface area contributed by atoms with Gasteiger partial charge >= 0.3 is 0 Å². The predicted molar refractivity (Wildman–Crippen MR) is 86.0 cm³/mol. The first-order valence-electron chi connectivity index (χ1n) is 6.93. The fourth-order valence-corrected chi connectivity index (χ4v) is 2.92. The summed E-state index contributed by atoms with van der Waals surface area (Å²) in [5.74, 6) is 0. The molecule has 0 aliphatic carbocycles. The van der Waals surface area contributed by atoms with Gasteiger partial charge < -0.3 is 9.88 Å². The maximum atomic E-state index is 12.1. The van der Waals surface area contributed by atoms with Gasteiger partial charge in [-0.2, -0.15) is 0 Å². The third-order valence-electron chi connectivity index (χ3n) is 3.19. The van der Waals surface area contributed by atoms with Crippen LogP contribution in [0.5, 0.6) is 0 Å². The van der Waals surface area contributed by atoms with Crippen molar-refractivity contribution in [3.63, 3.8) is 0 Å². The van der Waals surface area contributed by atoms with Crippen molar-refractivity contribution in [2.75, 3.05) is 11.9 Å². The summed E-state index contributed by atoms with van der Waals surface area (Å²) in [4.78, 5) is 12.1. The number of anilines is 1. The summed E-state index contributed by atoms with van der Waals surface area (Å²) in [6.07, 6.45) is 1.04. The first kappa shape index (κ1) is 13.8. The van der Waals surface area contributed by atoms with Gasteiger partial charge in [0, 0.05) is 12.6 Å². The monoisotopic (exact) mass is 300 g/mol. The first-order chi connectivity index (χ1) is 10.3. The molecular weight excluding hydrogens is 284 g/mol. The maximum Gasteiger partial charge on any atom is 0.251 e. The normalized spacial score (nSPS) is 10.9. The average molecular weight is 300 g/mol. The largest absolute Gasteiger partial charge is 0.360 e. The van der Waals surface area contributed by atoms with Crippen LogP contribution in [-0.2, 0) is 6.54 Å². The second-order valence-electron chi connectivity index (χ2n) is 4.74. The zero-order valence-electron chi connectivity index (χ0n) is 11.7. The number of hydrogen-bond acceptors (Lipinski definition) is 5. The minimum Gasteiger partial charge on any atom is -0.360 e. The van der Waals surface area contributed by atoms with Crippen LogP contribution in [0.25, 0.3) is 10.9 Å². The molecule has 0 saturated heterocycles. The molecule has 0 aliphatic rings. The Morgan fingerprint density at radius 1 is 1.19 bits per heavy atom. The van der Waals surface area contributed by atoms with Crippen LogP contribution in [0.4, 0.5) is 5.13 Å². The molecule has 0 spiro atoms. The van der Waals surface area contributed by atoms with Crippen LogP contribution in [0.2, 0.25) is 0 Å². The summed E-state index contributed by atoms with van der Waals surface area (Å²) < 4.78 is 1.74. The molecule has 0 atom stereocenters. The third-order valence-corrected chi connectivity index (χ3v) is 4.05. The SMILES string of the molecule is CCCNc1nnc(Cn2c(=O)ccc3ccccc32)s1. The fraction of sp³-hybridized carbons (Fsp3) is 0.267. The smallest absolute Gasteiger partial charge is 0.251 e. The number of pyridine rings is 1. The van der Waals surface area contributed by atoms with Gasteiger partial charge in [0.25, 0.3) is 5.56 Å². The van der Waals surface area contributed by atoms with E-state index < -0.39 is 0 Å². The number of fused-ring (bicyclic) bond motifs is 1. The van der Waals surface area contributed by atoms with Crippen molar-refractivity contribution in [2.24, 2.45) is 0 Å². The fourth-order valence-electron chi connectivity index (χ4n) is 2.16. The van der Waals surface area contributed by atoms with E-state index in [2.05, 4.69) is 22.4 Å². The lowest BCUT2D eigenvalue weighted by Gasteiger charge is -2.07. The lowest BCUT2D eigenvalue weighted by Crippen LogP contribution is -2.19. The zero-order chi connectivity index (χ0) is 14.7. The quantitative estimate of drug-likeness (QED) is 0.787. The van der Waals surface area contributed by atoms with E-state index >= 15 is 0 Å². The van der Waals surface area contributed by atoms with E-state index in [9.17, 15) is 4.79 Å². The highest BCUT2D eigenvalue weighted by molar-refractivity contribution is 7.15. The summed E-state index contributed by atoms with van der Waals surface area (Å²) in [5.41, 5.74) is 0.898. The van der Waals surface area contributed by atoms with E-state index in [1.165, 1.54) is 11.3 Å². The molecule has 2 heterocycles. The van der Waals surface area contributed by atoms with Crippen LogP contribution in [0, 0.1) is 0 Å². The van der Waals surface area contributed by atoms with Gasteiger partial charge in [0.1, 0.15) is 5.01 Å². The highest BCUT2D eigenvalue weighted by atomic mass is 32.1. The Morgan fingerprint density at radius 2 is 2.05 bits per heavy atom. The van der Waals surface area contributed by atoms with Crippen molar-refractivity contribution in [3.05, 3.63) is 51.8 Å². The minimum atomic E-state index is -0.0213. The number of nitrogens with one attached hydrogen (secondary N) is 1. The lowest BCUT2D eigenvalue weighted by molar-refractivity contribution is 0.775. The van der Waals surface area contributed by atoms with Crippen LogP contribution >= 0.6 is 11.3 Å². The van der Waals surface area contributed by atoms with Crippen molar-refractivity contribution in [1.29, 1.82) is 0 Å². The van der Waals surface area contributed by atoms with Crippen molar-refractivity contribution in [1.82, 2.24) is 14.8 Å². The highest BCUT2D eigenvalue weighted by Crippen LogP contribution is 2.18. The summed E-state index contributed by atoms with van der Waals surface area (Å²) in [6, 6.07) is 11.3. The zero-order valence-corrected chi connectivity index (χ0v) is 12.6. The van der Waals surface area contributed by atoms with Gasteiger partial charge in [-0.3, -0.25) is 4.79 Å². The molecule has 0 unspecified atom stereocenters. The standard InChI is InChI=1S/C15H16N4OS/c1-2-9-16-15-18-17-13(21-15)10-19-12-6-4-3-5-11(12)7-8-14(19)20/h3-8H,2,9-10H2,1H3,(H,16,18). The topological polar surface area (TPSA) is 59.8 Å². The van der Waals surface area contributed by atoms with Crippen molar-refractivity contribution in [2.45, 2.75) is 19.9 Å². The molecule has 0 aliphatic heterocycles. The Kier molecular flexibility index (Phi) is 3.96. The van der Waals surface area contributed by atoms with Crippen molar-refractivity contribution < 1.29 is 0 Å². The van der Waals surface area contributed by atoms with Crippen LogP contribution in [-0.4, -0.2) is 21.3 Å². The Labute approximate surface area is 126 Å². The van der Waals surface area contributed by atoms with Gasteiger partial charge in [-0.05, 0) is 23.9 Å². The second kappa shape index (κ2) is 6.05. The molecule has 0 saturated carbocycles. The number of benzene rings is 1. The summed E-state index contributed by atoms with van der Waals surface area (Å²) in [7, 11) is 0. The van der Waals surface area contributed by atoms with Gasteiger partial charge in [-0.1, -0.05) is 36.5 Å². The summed E-state index contributed by atoms with van der Waals surface area (Å²) in [6.45, 7) is 3.43. The Bertz CT molecular complexity index is 809. The number of rotatable bonds is 5. The Hall–Kier alpha value is -2.21. The van der Waals surface area contributed by atoms with Gasteiger partial charge in [0.2, 0.25) is 5.13 Å².